The van der Waals surface area contributed by atoms with Gasteiger partial charge in [0.1, 0.15) is 11.5 Å². The molecule has 7 nitrogen and oxygen atoms in total. The van der Waals surface area contributed by atoms with Gasteiger partial charge in [-0.05, 0) is 50.6 Å². The number of amides is 1. The van der Waals surface area contributed by atoms with Gasteiger partial charge in [0.2, 0.25) is 0 Å². The minimum absolute atomic E-state index is 0.00962. The molecule has 2 rings (SSSR count). The predicted octanol–water partition coefficient (Wildman–Crippen LogP) is 3.74. The average molecular weight is 386 g/mol. The van der Waals surface area contributed by atoms with Crippen molar-refractivity contribution in [2.24, 2.45) is 5.10 Å². The minimum Gasteiger partial charge on any atom is -0.507 e. The fourth-order valence-electron chi connectivity index (χ4n) is 2.33. The van der Waals surface area contributed by atoms with Crippen LogP contribution in [-0.2, 0) is 0 Å². The van der Waals surface area contributed by atoms with E-state index in [0.29, 0.717) is 35.0 Å². The molecule has 7 heteroatoms. The summed E-state index contributed by atoms with van der Waals surface area (Å²) in [6.07, 6.45) is 2.24. The highest BCUT2D eigenvalue weighted by molar-refractivity contribution is 5.95. The Labute approximate surface area is 164 Å². The molecule has 150 valence electrons. The first kappa shape index (κ1) is 21.1. The third-order valence-corrected chi connectivity index (χ3v) is 3.63. The number of benzene rings is 2. The van der Waals surface area contributed by atoms with Crippen LogP contribution in [0.15, 0.2) is 41.5 Å². The molecule has 0 fully saturated rings. The third kappa shape index (κ3) is 5.90. The summed E-state index contributed by atoms with van der Waals surface area (Å²) < 4.78 is 16.4. The number of carbonyl (C=O) groups is 1. The van der Waals surface area contributed by atoms with E-state index in [-0.39, 0.29) is 11.9 Å². The highest BCUT2D eigenvalue weighted by Gasteiger charge is 2.12. The van der Waals surface area contributed by atoms with Gasteiger partial charge in [0.05, 0.1) is 26.0 Å². The number of nitrogens with zero attached hydrogens (tertiary/aromatic N) is 1. The van der Waals surface area contributed by atoms with Crippen molar-refractivity contribution in [2.75, 3.05) is 13.7 Å². The number of hydrogen-bond acceptors (Lipinski definition) is 6. The second-order valence-corrected chi connectivity index (χ2v) is 6.30. The number of carbonyl (C=O) groups excluding carboxylic acids is 1. The zero-order valence-electron chi connectivity index (χ0n) is 16.6. The van der Waals surface area contributed by atoms with E-state index in [1.165, 1.54) is 19.4 Å². The molecule has 0 aliphatic carbocycles. The van der Waals surface area contributed by atoms with Crippen molar-refractivity contribution in [3.8, 4) is 23.0 Å². The number of hydrogen-bond donors (Lipinski definition) is 2. The highest BCUT2D eigenvalue weighted by atomic mass is 16.5. The van der Waals surface area contributed by atoms with Crippen molar-refractivity contribution in [1.29, 1.82) is 0 Å². The number of aromatic hydroxyl groups is 1. The summed E-state index contributed by atoms with van der Waals surface area (Å²) in [4.78, 5) is 12.3. The number of phenols is 1. The van der Waals surface area contributed by atoms with Gasteiger partial charge in [0.25, 0.3) is 5.91 Å². The van der Waals surface area contributed by atoms with Gasteiger partial charge in [-0.25, -0.2) is 5.43 Å². The Hall–Kier alpha value is -3.22. The van der Waals surface area contributed by atoms with Gasteiger partial charge in [-0.2, -0.15) is 5.10 Å². The van der Waals surface area contributed by atoms with Crippen LogP contribution >= 0.6 is 0 Å². The zero-order valence-corrected chi connectivity index (χ0v) is 16.6. The van der Waals surface area contributed by atoms with Gasteiger partial charge in [0.15, 0.2) is 11.5 Å². The Morgan fingerprint density at radius 2 is 2.00 bits per heavy atom. The number of methoxy groups -OCH3 is 1. The fourth-order valence-corrected chi connectivity index (χ4v) is 2.33. The van der Waals surface area contributed by atoms with Crippen LogP contribution in [0.25, 0.3) is 0 Å². The van der Waals surface area contributed by atoms with Gasteiger partial charge < -0.3 is 19.3 Å². The van der Waals surface area contributed by atoms with Crippen LogP contribution in [0.5, 0.6) is 23.0 Å². The van der Waals surface area contributed by atoms with Gasteiger partial charge in [-0.15, -0.1) is 0 Å². The van der Waals surface area contributed by atoms with E-state index in [4.69, 9.17) is 14.2 Å². The van der Waals surface area contributed by atoms with Gasteiger partial charge >= 0.3 is 0 Å². The predicted molar refractivity (Wildman–Crippen MR) is 108 cm³/mol. The summed E-state index contributed by atoms with van der Waals surface area (Å²) in [5, 5.41) is 13.9. The van der Waals surface area contributed by atoms with Crippen molar-refractivity contribution in [3.05, 3.63) is 47.5 Å². The molecule has 0 saturated heterocycles. The maximum absolute atomic E-state index is 12.3. The first-order valence-corrected chi connectivity index (χ1v) is 9.08. The molecule has 28 heavy (non-hydrogen) atoms. The van der Waals surface area contributed by atoms with E-state index in [2.05, 4.69) is 10.5 Å². The van der Waals surface area contributed by atoms with E-state index >= 15 is 0 Å². The highest BCUT2D eigenvalue weighted by Crippen LogP contribution is 2.29. The van der Waals surface area contributed by atoms with Crippen LogP contribution in [0.3, 0.4) is 0 Å². The molecule has 0 radical (unpaired) electrons. The normalized spacial score (nSPS) is 10.9. The SMILES string of the molecule is CCCOc1ccc(/C=N/NC(=O)c2ccc(OC(C)C)c(OC)c2)c(O)c1. The number of rotatable bonds is 9. The topological polar surface area (TPSA) is 89.4 Å². The quantitative estimate of drug-likeness (QED) is 0.506. The van der Waals surface area contributed by atoms with Crippen LogP contribution in [0.4, 0.5) is 0 Å². The molecule has 0 bridgehead atoms. The molecule has 0 atom stereocenters. The van der Waals surface area contributed by atoms with Crippen molar-refractivity contribution < 1.29 is 24.1 Å². The molecular weight excluding hydrogens is 360 g/mol. The molecule has 0 aliphatic rings. The van der Waals surface area contributed by atoms with Gasteiger partial charge in [-0.3, -0.25) is 4.79 Å². The Kier molecular flexibility index (Phi) is 7.68. The second-order valence-electron chi connectivity index (χ2n) is 6.30. The van der Waals surface area contributed by atoms with E-state index in [9.17, 15) is 9.90 Å². The average Bonchev–Trinajstić information content (AvgIpc) is 2.67. The molecule has 0 heterocycles. The smallest absolute Gasteiger partial charge is 0.271 e. The second kappa shape index (κ2) is 10.2. The monoisotopic (exact) mass is 386 g/mol. The lowest BCUT2D eigenvalue weighted by molar-refractivity contribution is 0.0954. The maximum atomic E-state index is 12.3. The molecular formula is C21H26N2O5. The number of hydrazone groups is 1. The van der Waals surface area contributed by atoms with Crippen LogP contribution in [-0.4, -0.2) is 37.0 Å². The molecule has 0 saturated carbocycles. The first-order valence-electron chi connectivity index (χ1n) is 9.08. The largest absolute Gasteiger partial charge is 0.507 e. The number of phenolic OH excluding ortho intramolecular Hbond substituents is 1. The molecule has 0 aliphatic heterocycles. The first-order chi connectivity index (χ1) is 13.4. The molecule has 0 aromatic heterocycles. The molecule has 2 aromatic carbocycles. The Morgan fingerprint density at radius 1 is 1.21 bits per heavy atom. The van der Waals surface area contributed by atoms with Crippen LogP contribution in [0, 0.1) is 0 Å². The van der Waals surface area contributed by atoms with Crippen molar-refractivity contribution in [2.45, 2.75) is 33.3 Å². The minimum atomic E-state index is -0.409. The summed E-state index contributed by atoms with van der Waals surface area (Å²) in [7, 11) is 1.51. The Bertz CT molecular complexity index is 834. The van der Waals surface area contributed by atoms with Crippen molar-refractivity contribution in [1.82, 2.24) is 5.43 Å². The molecule has 2 N–H and O–H groups in total. The summed E-state index contributed by atoms with van der Waals surface area (Å²) >= 11 is 0. The van der Waals surface area contributed by atoms with E-state index in [0.717, 1.165) is 6.42 Å². The Balaban J connectivity index is 2.03. The van der Waals surface area contributed by atoms with Crippen LogP contribution in [0.1, 0.15) is 43.1 Å². The Morgan fingerprint density at radius 3 is 2.64 bits per heavy atom. The van der Waals surface area contributed by atoms with E-state index in [1.807, 2.05) is 20.8 Å². The van der Waals surface area contributed by atoms with E-state index < -0.39 is 5.91 Å². The lowest BCUT2D eigenvalue weighted by atomic mass is 10.2. The molecule has 0 spiro atoms. The maximum Gasteiger partial charge on any atom is 0.271 e. The number of ether oxygens (including phenoxy) is 3. The molecule has 0 unspecified atom stereocenters. The molecule has 1 amide bonds. The van der Waals surface area contributed by atoms with E-state index in [1.54, 1.807) is 30.3 Å². The standard InChI is InChI=1S/C21H26N2O5/c1-5-10-27-17-8-6-16(18(24)12-17)13-22-23-21(25)15-7-9-19(28-14(2)3)20(11-15)26-4/h6-9,11-14,24H,5,10H2,1-4H3,(H,23,25)/b22-13+. The van der Waals surface area contributed by atoms with Crippen LogP contribution < -0.4 is 19.6 Å². The summed E-state index contributed by atoms with van der Waals surface area (Å²) in [5.74, 6) is 1.21. The summed E-state index contributed by atoms with van der Waals surface area (Å²) in [6, 6.07) is 9.80. The van der Waals surface area contributed by atoms with Crippen molar-refractivity contribution in [3.63, 3.8) is 0 Å². The number of nitrogens with one attached hydrogen (secondary N) is 1. The van der Waals surface area contributed by atoms with Crippen molar-refractivity contribution >= 4 is 12.1 Å². The van der Waals surface area contributed by atoms with Gasteiger partial charge in [-0.1, -0.05) is 6.92 Å². The van der Waals surface area contributed by atoms with Crippen LogP contribution in [0.2, 0.25) is 0 Å². The lowest BCUT2D eigenvalue weighted by Crippen LogP contribution is -2.18. The summed E-state index contributed by atoms with van der Waals surface area (Å²) in [6.45, 7) is 6.40. The third-order valence-electron chi connectivity index (χ3n) is 3.63. The summed E-state index contributed by atoms with van der Waals surface area (Å²) in [5.41, 5.74) is 3.26. The lowest BCUT2D eigenvalue weighted by Gasteiger charge is -2.14. The zero-order chi connectivity index (χ0) is 20.5. The molecule has 2 aromatic rings. The van der Waals surface area contributed by atoms with Gasteiger partial charge in [0, 0.05) is 17.2 Å². The fraction of sp³-hybridized carbons (Fsp3) is 0.333.